The molecule has 0 bridgehead atoms. The zero-order valence-electron chi connectivity index (χ0n) is 9.87. The first kappa shape index (κ1) is 12.1. The minimum Gasteiger partial charge on any atom is -0.392 e. The molecule has 0 spiro atoms. The maximum Gasteiger partial charge on any atom is 0.0705 e. The normalized spacial score (nSPS) is 10.6. The predicted molar refractivity (Wildman–Crippen MR) is 70.1 cm³/mol. The Bertz CT molecular complexity index is 529. The van der Waals surface area contributed by atoms with Crippen LogP contribution < -0.4 is 0 Å². The van der Waals surface area contributed by atoms with E-state index in [4.69, 9.17) is 16.7 Å². The summed E-state index contributed by atoms with van der Waals surface area (Å²) in [6, 6.07) is 7.72. The molecule has 17 heavy (non-hydrogen) atoms. The fourth-order valence-electron chi connectivity index (χ4n) is 1.82. The van der Waals surface area contributed by atoms with Gasteiger partial charge in [-0.2, -0.15) is 0 Å². The Labute approximate surface area is 106 Å². The molecule has 0 aliphatic rings. The zero-order chi connectivity index (χ0) is 12.4. The number of nitrogens with zero attached hydrogens (tertiary/aromatic N) is 1. The number of halogens is 1. The highest BCUT2D eigenvalue weighted by molar-refractivity contribution is 6.32. The highest BCUT2D eigenvalue weighted by Gasteiger charge is 2.06. The van der Waals surface area contributed by atoms with E-state index < -0.39 is 0 Å². The molecule has 0 fully saturated rings. The van der Waals surface area contributed by atoms with Crippen LogP contribution in [-0.4, -0.2) is 10.1 Å². The lowest BCUT2D eigenvalue weighted by atomic mass is 10.0. The molecule has 1 heterocycles. The van der Waals surface area contributed by atoms with Crippen molar-refractivity contribution in [3.05, 3.63) is 52.2 Å². The summed E-state index contributed by atoms with van der Waals surface area (Å²) in [5.74, 6) is 0. The molecule has 0 saturated heterocycles. The maximum atomic E-state index is 9.11. The summed E-state index contributed by atoms with van der Waals surface area (Å²) in [6.45, 7) is 3.99. The number of pyridine rings is 1. The van der Waals surface area contributed by atoms with E-state index in [9.17, 15) is 0 Å². The maximum absolute atomic E-state index is 9.11. The van der Waals surface area contributed by atoms with Crippen LogP contribution in [0.15, 0.2) is 30.5 Å². The summed E-state index contributed by atoms with van der Waals surface area (Å²) >= 11 is 6.14. The molecule has 0 amide bonds. The van der Waals surface area contributed by atoms with Gasteiger partial charge in [0.25, 0.3) is 0 Å². The molecule has 0 aliphatic carbocycles. The number of aromatic nitrogens is 1. The van der Waals surface area contributed by atoms with Crippen LogP contribution in [0.4, 0.5) is 0 Å². The molecule has 2 rings (SSSR count). The molecule has 2 nitrogen and oxygen atoms in total. The Morgan fingerprint density at radius 3 is 2.41 bits per heavy atom. The van der Waals surface area contributed by atoms with Crippen molar-refractivity contribution >= 4 is 11.6 Å². The van der Waals surface area contributed by atoms with Crippen LogP contribution in [0.25, 0.3) is 11.3 Å². The van der Waals surface area contributed by atoms with Crippen molar-refractivity contribution in [2.24, 2.45) is 0 Å². The van der Waals surface area contributed by atoms with Crippen molar-refractivity contribution in [3.8, 4) is 11.3 Å². The largest absolute Gasteiger partial charge is 0.392 e. The summed E-state index contributed by atoms with van der Waals surface area (Å²) in [7, 11) is 0. The quantitative estimate of drug-likeness (QED) is 0.881. The number of benzene rings is 1. The average Bonchev–Trinajstić information content (AvgIpc) is 2.35. The van der Waals surface area contributed by atoms with E-state index in [0.29, 0.717) is 0 Å². The topological polar surface area (TPSA) is 33.1 Å². The second-order valence-corrected chi connectivity index (χ2v) is 4.51. The van der Waals surface area contributed by atoms with Crippen LogP contribution in [0.5, 0.6) is 0 Å². The lowest BCUT2D eigenvalue weighted by molar-refractivity contribution is 0.282. The van der Waals surface area contributed by atoms with Crippen molar-refractivity contribution in [1.82, 2.24) is 4.98 Å². The lowest BCUT2D eigenvalue weighted by Gasteiger charge is -2.08. The second-order valence-electron chi connectivity index (χ2n) is 4.13. The summed E-state index contributed by atoms with van der Waals surface area (Å²) in [6.07, 6.45) is 1.71. The van der Waals surface area contributed by atoms with Crippen LogP contribution >= 0.6 is 11.6 Å². The van der Waals surface area contributed by atoms with E-state index in [2.05, 4.69) is 4.98 Å². The molecular weight excluding hydrogens is 234 g/mol. The van der Waals surface area contributed by atoms with E-state index in [-0.39, 0.29) is 6.61 Å². The van der Waals surface area contributed by atoms with Gasteiger partial charge in [0.2, 0.25) is 0 Å². The number of aliphatic hydroxyl groups is 1. The fraction of sp³-hybridized carbons (Fsp3) is 0.214. The Morgan fingerprint density at radius 2 is 1.82 bits per heavy atom. The van der Waals surface area contributed by atoms with E-state index in [1.807, 2.05) is 32.0 Å². The molecule has 1 aromatic carbocycles. The molecule has 2 aromatic rings. The van der Waals surface area contributed by atoms with Crippen molar-refractivity contribution in [2.75, 3.05) is 0 Å². The molecule has 88 valence electrons. The molecule has 0 atom stereocenters. The molecule has 3 heteroatoms. The van der Waals surface area contributed by atoms with E-state index in [1.165, 1.54) is 0 Å². The second kappa shape index (κ2) is 4.86. The minimum absolute atomic E-state index is 0.0288. The molecule has 1 N–H and O–H groups in total. The SMILES string of the molecule is Cc1cc(-c2cc(CO)ccn2)cc(C)c1Cl. The van der Waals surface area contributed by atoms with Gasteiger partial charge in [0.15, 0.2) is 0 Å². The molecule has 0 saturated carbocycles. The van der Waals surface area contributed by atoms with E-state index >= 15 is 0 Å². The third-order valence-corrected chi connectivity index (χ3v) is 3.34. The number of rotatable bonds is 2. The fourth-order valence-corrected chi connectivity index (χ4v) is 1.93. The smallest absolute Gasteiger partial charge is 0.0705 e. The van der Waals surface area contributed by atoms with Crippen molar-refractivity contribution in [2.45, 2.75) is 20.5 Å². The number of aliphatic hydroxyl groups excluding tert-OH is 1. The first-order chi connectivity index (χ1) is 8.11. The molecule has 0 radical (unpaired) electrons. The van der Waals surface area contributed by atoms with Crippen LogP contribution in [0, 0.1) is 13.8 Å². The molecule has 0 aliphatic heterocycles. The van der Waals surface area contributed by atoms with Crippen molar-refractivity contribution < 1.29 is 5.11 Å². The van der Waals surface area contributed by atoms with Crippen molar-refractivity contribution in [3.63, 3.8) is 0 Å². The number of hydrogen-bond acceptors (Lipinski definition) is 2. The van der Waals surface area contributed by atoms with Gasteiger partial charge in [-0.25, -0.2) is 0 Å². The highest BCUT2D eigenvalue weighted by atomic mass is 35.5. The summed E-state index contributed by atoms with van der Waals surface area (Å²) < 4.78 is 0. The van der Waals surface area contributed by atoms with Gasteiger partial charge in [0.1, 0.15) is 0 Å². The van der Waals surface area contributed by atoms with Gasteiger partial charge in [-0.3, -0.25) is 4.98 Å². The number of hydrogen-bond donors (Lipinski definition) is 1. The van der Waals surface area contributed by atoms with Gasteiger partial charge < -0.3 is 5.11 Å². The summed E-state index contributed by atoms with van der Waals surface area (Å²) in [4.78, 5) is 4.32. The lowest BCUT2D eigenvalue weighted by Crippen LogP contribution is -1.90. The summed E-state index contributed by atoms with van der Waals surface area (Å²) in [5, 5.41) is 9.91. The van der Waals surface area contributed by atoms with Gasteiger partial charge in [-0.15, -0.1) is 0 Å². The van der Waals surface area contributed by atoms with Crippen LogP contribution in [-0.2, 0) is 6.61 Å². The first-order valence-corrected chi connectivity index (χ1v) is 5.82. The highest BCUT2D eigenvalue weighted by Crippen LogP contribution is 2.27. The Morgan fingerprint density at radius 1 is 1.18 bits per heavy atom. The number of aryl methyl sites for hydroxylation is 2. The van der Waals surface area contributed by atoms with Gasteiger partial charge in [-0.1, -0.05) is 11.6 Å². The van der Waals surface area contributed by atoms with E-state index in [0.717, 1.165) is 33.0 Å². The molecule has 0 unspecified atom stereocenters. The zero-order valence-corrected chi connectivity index (χ0v) is 10.6. The Hall–Kier alpha value is -1.38. The predicted octanol–water partition coefficient (Wildman–Crippen LogP) is 3.51. The Balaban J connectivity index is 2.52. The standard InChI is InChI=1S/C14H14ClNO/c1-9-5-12(6-10(2)14(9)15)13-7-11(8-17)3-4-16-13/h3-7,17H,8H2,1-2H3. The van der Waals surface area contributed by atoms with Crippen molar-refractivity contribution in [1.29, 1.82) is 0 Å². The van der Waals surface area contributed by atoms with Gasteiger partial charge in [0.05, 0.1) is 12.3 Å². The first-order valence-electron chi connectivity index (χ1n) is 5.44. The summed E-state index contributed by atoms with van der Waals surface area (Å²) in [5.41, 5.74) is 4.83. The minimum atomic E-state index is 0.0288. The Kier molecular flexibility index (Phi) is 3.46. The third-order valence-electron chi connectivity index (χ3n) is 2.74. The third kappa shape index (κ3) is 2.48. The van der Waals surface area contributed by atoms with E-state index in [1.54, 1.807) is 12.3 Å². The van der Waals surface area contributed by atoms with Gasteiger partial charge >= 0.3 is 0 Å². The van der Waals surface area contributed by atoms with Crippen LogP contribution in [0.3, 0.4) is 0 Å². The van der Waals surface area contributed by atoms with Gasteiger partial charge in [-0.05, 0) is 54.8 Å². The van der Waals surface area contributed by atoms with Gasteiger partial charge in [0, 0.05) is 16.8 Å². The van der Waals surface area contributed by atoms with Crippen LogP contribution in [0.2, 0.25) is 5.02 Å². The molecular formula is C14H14ClNO. The van der Waals surface area contributed by atoms with Crippen LogP contribution in [0.1, 0.15) is 16.7 Å². The molecule has 1 aromatic heterocycles. The monoisotopic (exact) mass is 247 g/mol. The average molecular weight is 248 g/mol.